The minimum Gasteiger partial charge on any atom is -0.444 e. The van der Waals surface area contributed by atoms with E-state index < -0.39 is 23.4 Å². The van der Waals surface area contributed by atoms with E-state index in [0.717, 1.165) is 12.8 Å². The van der Waals surface area contributed by atoms with Crippen LogP contribution in [0.25, 0.3) is 0 Å². The van der Waals surface area contributed by atoms with Gasteiger partial charge in [-0.05, 0) is 40.5 Å². The minimum absolute atomic E-state index is 0.0783. The summed E-state index contributed by atoms with van der Waals surface area (Å²) in [6, 6.07) is -0.0783. The Labute approximate surface area is 124 Å². The highest BCUT2D eigenvalue weighted by molar-refractivity contribution is 6.19. The van der Waals surface area contributed by atoms with Crippen LogP contribution >= 0.6 is 11.6 Å². The van der Waals surface area contributed by atoms with E-state index in [1.54, 1.807) is 32.6 Å². The van der Waals surface area contributed by atoms with Gasteiger partial charge in [-0.2, -0.15) is 0 Å². The van der Waals surface area contributed by atoms with Gasteiger partial charge in [0.1, 0.15) is 5.60 Å². The van der Waals surface area contributed by atoms with Crippen molar-refractivity contribution in [2.24, 2.45) is 0 Å². The van der Waals surface area contributed by atoms with Crippen LogP contribution in [0.15, 0.2) is 0 Å². The maximum absolute atomic E-state index is 11.8. The predicted octanol–water partition coefficient (Wildman–Crippen LogP) is 2.70. The number of hydrogen-bond donors (Lipinski definition) is 1. The molecule has 0 aromatic heterocycles. The Morgan fingerprint density at radius 1 is 1.45 bits per heavy atom. The summed E-state index contributed by atoms with van der Waals surface area (Å²) in [5.41, 5.74) is -1.20. The minimum atomic E-state index is -0.664. The Kier molecular flexibility index (Phi) is 5.92. The molecule has 0 saturated carbocycles. The summed E-state index contributed by atoms with van der Waals surface area (Å²) in [7, 11) is 0. The van der Waals surface area contributed by atoms with Crippen LogP contribution < -0.4 is 5.32 Å². The summed E-state index contributed by atoms with van der Waals surface area (Å²) in [4.78, 5) is 25.0. The molecule has 2 amide bonds. The molecule has 20 heavy (non-hydrogen) atoms. The molecule has 1 aliphatic heterocycles. The summed E-state index contributed by atoms with van der Waals surface area (Å²) in [5, 5.41) is 2.68. The van der Waals surface area contributed by atoms with E-state index in [1.165, 1.54) is 0 Å². The van der Waals surface area contributed by atoms with E-state index in [0.29, 0.717) is 13.1 Å². The summed E-state index contributed by atoms with van der Waals surface area (Å²) < 4.78 is 10.1. The van der Waals surface area contributed by atoms with Gasteiger partial charge >= 0.3 is 12.2 Å². The quantitative estimate of drug-likeness (QED) is 0.814. The first-order valence-electron chi connectivity index (χ1n) is 6.77. The van der Waals surface area contributed by atoms with Crippen LogP contribution in [-0.4, -0.2) is 47.4 Å². The highest BCUT2D eigenvalue weighted by Gasteiger charge is 2.31. The van der Waals surface area contributed by atoms with Crippen molar-refractivity contribution in [3.63, 3.8) is 0 Å². The molecule has 0 aromatic rings. The molecule has 0 spiro atoms. The van der Waals surface area contributed by atoms with E-state index in [2.05, 4.69) is 5.32 Å². The summed E-state index contributed by atoms with van der Waals surface area (Å²) in [5.74, 6) is 0. The number of halogens is 1. The van der Waals surface area contributed by atoms with Crippen LogP contribution in [0.5, 0.6) is 0 Å². The molecule has 1 aliphatic rings. The Bertz CT molecular complexity index is 355. The molecular formula is C13H23ClN2O4. The third kappa shape index (κ3) is 5.86. The molecule has 1 heterocycles. The van der Waals surface area contributed by atoms with E-state index in [9.17, 15) is 9.59 Å². The number of alkyl carbamates (subject to hydrolysis) is 1. The van der Waals surface area contributed by atoms with Crippen molar-refractivity contribution in [3.8, 4) is 0 Å². The Morgan fingerprint density at radius 2 is 2.10 bits per heavy atom. The van der Waals surface area contributed by atoms with Crippen molar-refractivity contribution in [1.82, 2.24) is 10.2 Å². The number of carbonyl (C=O) groups excluding carboxylic acids is 2. The third-order valence-corrected chi connectivity index (χ3v) is 2.84. The average Bonchev–Trinajstić information content (AvgIpc) is 2.70. The van der Waals surface area contributed by atoms with Gasteiger partial charge in [-0.25, -0.2) is 9.59 Å². The molecule has 6 nitrogen and oxygen atoms in total. The second-order valence-corrected chi connectivity index (χ2v) is 6.41. The monoisotopic (exact) mass is 306 g/mol. The van der Waals surface area contributed by atoms with E-state index >= 15 is 0 Å². The zero-order valence-electron chi connectivity index (χ0n) is 12.4. The molecule has 116 valence electrons. The second-order valence-electron chi connectivity index (χ2n) is 5.80. The fraction of sp³-hybridized carbons (Fsp3) is 0.846. The lowest BCUT2D eigenvalue weighted by molar-refractivity contribution is 0.0502. The number of carbonyl (C=O) groups is 2. The van der Waals surface area contributed by atoms with E-state index in [-0.39, 0.29) is 6.04 Å². The molecule has 0 aliphatic carbocycles. The van der Waals surface area contributed by atoms with Crippen molar-refractivity contribution in [3.05, 3.63) is 0 Å². The largest absolute Gasteiger partial charge is 0.444 e. The third-order valence-electron chi connectivity index (χ3n) is 2.76. The van der Waals surface area contributed by atoms with Crippen molar-refractivity contribution in [1.29, 1.82) is 0 Å². The van der Waals surface area contributed by atoms with Crippen molar-refractivity contribution < 1.29 is 19.1 Å². The summed E-state index contributed by atoms with van der Waals surface area (Å²) in [6.07, 6.45) is 0.776. The van der Waals surface area contributed by atoms with Crippen LogP contribution in [-0.2, 0) is 9.47 Å². The number of nitrogens with one attached hydrogen (secondary N) is 1. The highest BCUT2D eigenvalue weighted by Crippen LogP contribution is 2.18. The summed E-state index contributed by atoms with van der Waals surface area (Å²) >= 11 is 5.64. The number of rotatable bonds is 3. The molecule has 7 heteroatoms. The maximum Gasteiger partial charge on any atom is 0.411 e. The molecule has 1 unspecified atom stereocenters. The highest BCUT2D eigenvalue weighted by atomic mass is 35.5. The lowest BCUT2D eigenvalue weighted by Gasteiger charge is -2.25. The first kappa shape index (κ1) is 16.9. The van der Waals surface area contributed by atoms with Crippen LogP contribution in [0.2, 0.25) is 0 Å². The van der Waals surface area contributed by atoms with Crippen molar-refractivity contribution in [2.45, 2.75) is 57.7 Å². The fourth-order valence-corrected chi connectivity index (χ4v) is 2.09. The van der Waals surface area contributed by atoms with Gasteiger partial charge in [-0.1, -0.05) is 11.6 Å². The lowest BCUT2D eigenvalue weighted by atomic mass is 10.2. The average molecular weight is 307 g/mol. The van der Waals surface area contributed by atoms with Crippen LogP contribution in [0.1, 0.15) is 40.5 Å². The van der Waals surface area contributed by atoms with Gasteiger partial charge in [-0.15, -0.1) is 0 Å². The Balaban J connectivity index is 2.42. The Hall–Kier alpha value is -1.17. The number of likely N-dealkylation sites (tertiary alicyclic amines) is 1. The van der Waals surface area contributed by atoms with Gasteiger partial charge in [0.2, 0.25) is 0 Å². The van der Waals surface area contributed by atoms with Crippen molar-refractivity contribution >= 4 is 23.8 Å². The Morgan fingerprint density at radius 3 is 2.65 bits per heavy atom. The van der Waals surface area contributed by atoms with Gasteiger partial charge in [-0.3, -0.25) is 0 Å². The number of amides is 2. The van der Waals surface area contributed by atoms with Crippen LogP contribution in [0.3, 0.4) is 0 Å². The molecule has 0 bridgehead atoms. The fourth-order valence-electron chi connectivity index (χ4n) is 2.01. The van der Waals surface area contributed by atoms with Gasteiger partial charge in [0, 0.05) is 13.1 Å². The topological polar surface area (TPSA) is 67.9 Å². The van der Waals surface area contributed by atoms with Gasteiger partial charge in [0.25, 0.3) is 0 Å². The maximum atomic E-state index is 11.8. The molecule has 0 radical (unpaired) electrons. The summed E-state index contributed by atoms with van der Waals surface area (Å²) in [6.45, 7) is 7.95. The van der Waals surface area contributed by atoms with Crippen molar-refractivity contribution in [2.75, 3.05) is 13.1 Å². The van der Waals surface area contributed by atoms with Gasteiger partial charge in [0.15, 0.2) is 5.56 Å². The zero-order chi connectivity index (χ0) is 15.3. The predicted molar refractivity (Wildman–Crippen MR) is 75.8 cm³/mol. The normalized spacial score (nSPS) is 20.4. The number of ether oxygens (including phenoxy) is 2. The number of alkyl halides is 1. The number of hydrogen-bond acceptors (Lipinski definition) is 4. The molecular weight excluding hydrogens is 284 g/mol. The standard InChI is InChI=1S/C13H23ClN2O4/c1-9(14)19-12(18)16-7-5-6-10(16)8-15-11(17)20-13(2,3)4/h9-10H,5-8H2,1-4H3,(H,15,17)/t9-,10?/m1/s1. The van der Waals surface area contributed by atoms with E-state index in [1.807, 2.05) is 0 Å². The molecule has 0 aromatic carbocycles. The first-order valence-corrected chi connectivity index (χ1v) is 7.21. The van der Waals surface area contributed by atoms with Gasteiger partial charge in [0.05, 0.1) is 6.04 Å². The molecule has 1 saturated heterocycles. The lowest BCUT2D eigenvalue weighted by Crippen LogP contribution is -2.44. The molecule has 1 N–H and O–H groups in total. The molecule has 1 fully saturated rings. The van der Waals surface area contributed by atoms with Gasteiger partial charge < -0.3 is 19.7 Å². The second kappa shape index (κ2) is 7.02. The SMILES string of the molecule is C[C@H](Cl)OC(=O)N1CCCC1CNC(=O)OC(C)(C)C. The number of nitrogens with zero attached hydrogens (tertiary/aromatic N) is 1. The zero-order valence-corrected chi connectivity index (χ0v) is 13.2. The molecule has 1 rings (SSSR count). The smallest absolute Gasteiger partial charge is 0.411 e. The first-order chi connectivity index (χ1) is 9.19. The van der Waals surface area contributed by atoms with E-state index in [4.69, 9.17) is 21.1 Å². The van der Waals surface area contributed by atoms with Crippen LogP contribution in [0.4, 0.5) is 9.59 Å². The van der Waals surface area contributed by atoms with Crippen LogP contribution in [0, 0.1) is 0 Å². The molecule has 2 atom stereocenters.